The summed E-state index contributed by atoms with van der Waals surface area (Å²) < 4.78 is 9.60. The molecular formula is C22H23N3O8. The second-order valence-electron chi connectivity index (χ2n) is 6.89. The molecule has 33 heavy (non-hydrogen) atoms. The SMILES string of the molecule is CCOC(=O)C[C@H](c1ccc([N+](=O)[O-])cc1)[C@@H](NC(=O)c1cccc(C(=O)OC)c1)C(N)=O. The van der Waals surface area contributed by atoms with E-state index in [1.54, 1.807) is 6.92 Å². The van der Waals surface area contributed by atoms with Crippen molar-refractivity contribution < 1.29 is 33.6 Å². The number of primary amides is 1. The van der Waals surface area contributed by atoms with Crippen molar-refractivity contribution in [3.05, 3.63) is 75.3 Å². The Morgan fingerprint density at radius 1 is 1.09 bits per heavy atom. The Morgan fingerprint density at radius 2 is 1.73 bits per heavy atom. The van der Waals surface area contributed by atoms with Crippen LogP contribution in [0.4, 0.5) is 5.69 Å². The minimum atomic E-state index is -1.36. The van der Waals surface area contributed by atoms with Crippen molar-refractivity contribution in [3.8, 4) is 0 Å². The smallest absolute Gasteiger partial charge is 0.337 e. The zero-order valence-electron chi connectivity index (χ0n) is 18.0. The number of carbonyl (C=O) groups excluding carboxylic acids is 4. The lowest BCUT2D eigenvalue weighted by atomic mass is 9.87. The number of hydrogen-bond donors (Lipinski definition) is 2. The lowest BCUT2D eigenvalue weighted by Crippen LogP contribution is -2.48. The summed E-state index contributed by atoms with van der Waals surface area (Å²) in [4.78, 5) is 59.4. The maximum atomic E-state index is 12.8. The molecule has 3 N–H and O–H groups in total. The zero-order valence-corrected chi connectivity index (χ0v) is 18.0. The van der Waals surface area contributed by atoms with E-state index in [9.17, 15) is 29.3 Å². The molecule has 2 atom stereocenters. The highest BCUT2D eigenvalue weighted by Gasteiger charge is 2.32. The van der Waals surface area contributed by atoms with Gasteiger partial charge in [-0.1, -0.05) is 18.2 Å². The Morgan fingerprint density at radius 3 is 2.27 bits per heavy atom. The van der Waals surface area contributed by atoms with Crippen molar-refractivity contribution in [2.45, 2.75) is 25.3 Å². The Labute approximate surface area is 189 Å². The maximum Gasteiger partial charge on any atom is 0.337 e. The number of carbonyl (C=O) groups is 4. The van der Waals surface area contributed by atoms with Crippen LogP contribution in [0.5, 0.6) is 0 Å². The first-order valence-electron chi connectivity index (χ1n) is 9.86. The number of non-ortho nitro benzene ring substituents is 1. The number of nitrogens with two attached hydrogens (primary N) is 1. The van der Waals surface area contributed by atoms with Gasteiger partial charge in [-0.25, -0.2) is 4.79 Å². The predicted molar refractivity (Wildman–Crippen MR) is 115 cm³/mol. The second-order valence-corrected chi connectivity index (χ2v) is 6.89. The molecule has 0 aliphatic carbocycles. The van der Waals surface area contributed by atoms with Crippen molar-refractivity contribution in [2.75, 3.05) is 13.7 Å². The summed E-state index contributed by atoms with van der Waals surface area (Å²) in [5, 5.41) is 13.4. The van der Waals surface area contributed by atoms with Gasteiger partial charge in [0.2, 0.25) is 5.91 Å². The lowest BCUT2D eigenvalue weighted by molar-refractivity contribution is -0.384. The third-order valence-electron chi connectivity index (χ3n) is 4.77. The number of nitro benzene ring substituents is 1. The van der Waals surface area contributed by atoms with Crippen molar-refractivity contribution in [1.29, 1.82) is 0 Å². The fourth-order valence-electron chi connectivity index (χ4n) is 3.17. The third kappa shape index (κ3) is 6.60. The van der Waals surface area contributed by atoms with Gasteiger partial charge >= 0.3 is 11.9 Å². The average Bonchev–Trinajstić information content (AvgIpc) is 2.80. The first-order chi connectivity index (χ1) is 15.7. The highest BCUT2D eigenvalue weighted by Crippen LogP contribution is 2.27. The molecule has 2 aromatic carbocycles. The molecule has 0 aromatic heterocycles. The van der Waals surface area contributed by atoms with Crippen LogP contribution in [0.15, 0.2) is 48.5 Å². The van der Waals surface area contributed by atoms with Crippen LogP contribution in [0.1, 0.15) is 45.5 Å². The number of esters is 2. The molecule has 0 radical (unpaired) electrons. The standard InChI is InChI=1S/C22H23N3O8/c1-3-33-18(26)12-17(13-7-9-16(10-8-13)25(30)31)19(20(23)27)24-21(28)14-5-4-6-15(11-14)22(29)32-2/h4-11,17,19H,3,12H2,1-2H3,(H2,23,27)(H,24,28)/t17-,19-/m1/s1. The summed E-state index contributed by atoms with van der Waals surface area (Å²) in [7, 11) is 1.20. The van der Waals surface area contributed by atoms with Crippen molar-refractivity contribution in [2.24, 2.45) is 5.73 Å². The van der Waals surface area contributed by atoms with E-state index < -0.39 is 40.6 Å². The normalized spacial score (nSPS) is 12.2. The van der Waals surface area contributed by atoms with Gasteiger partial charge in [0, 0.05) is 23.6 Å². The lowest BCUT2D eigenvalue weighted by Gasteiger charge is -2.25. The minimum Gasteiger partial charge on any atom is -0.466 e. The number of hydrogen-bond acceptors (Lipinski definition) is 8. The highest BCUT2D eigenvalue weighted by atomic mass is 16.6. The number of nitrogens with one attached hydrogen (secondary N) is 1. The van der Waals surface area contributed by atoms with E-state index in [0.29, 0.717) is 5.56 Å². The number of methoxy groups -OCH3 is 1. The van der Waals surface area contributed by atoms with E-state index in [1.807, 2.05) is 0 Å². The van der Waals surface area contributed by atoms with Crippen LogP contribution in [0.25, 0.3) is 0 Å². The Bertz CT molecular complexity index is 1050. The van der Waals surface area contributed by atoms with E-state index in [1.165, 1.54) is 55.6 Å². The quantitative estimate of drug-likeness (QED) is 0.309. The Hall–Kier alpha value is -4.28. The largest absolute Gasteiger partial charge is 0.466 e. The molecule has 0 aliphatic heterocycles. The molecule has 0 bridgehead atoms. The zero-order chi connectivity index (χ0) is 24.5. The van der Waals surface area contributed by atoms with Gasteiger partial charge in [0.1, 0.15) is 6.04 Å². The summed E-state index contributed by atoms with van der Waals surface area (Å²) in [5.74, 6) is -3.91. The number of benzene rings is 2. The van der Waals surface area contributed by atoms with E-state index in [4.69, 9.17) is 10.5 Å². The van der Waals surface area contributed by atoms with Gasteiger partial charge in [-0.2, -0.15) is 0 Å². The molecule has 2 aromatic rings. The Balaban J connectivity index is 2.39. The molecule has 2 amide bonds. The summed E-state index contributed by atoms with van der Waals surface area (Å²) in [6.45, 7) is 1.71. The molecule has 0 aliphatic rings. The monoisotopic (exact) mass is 457 g/mol. The predicted octanol–water partition coefficient (Wildman–Crippen LogP) is 1.70. The van der Waals surface area contributed by atoms with E-state index in [2.05, 4.69) is 10.1 Å². The highest BCUT2D eigenvalue weighted by molar-refractivity contribution is 6.00. The molecule has 0 spiro atoms. The van der Waals surface area contributed by atoms with Crippen LogP contribution in [0.2, 0.25) is 0 Å². The molecule has 174 valence electrons. The van der Waals surface area contributed by atoms with Crippen molar-refractivity contribution in [3.63, 3.8) is 0 Å². The number of rotatable bonds is 10. The summed E-state index contributed by atoms with van der Waals surface area (Å²) >= 11 is 0. The average molecular weight is 457 g/mol. The van der Waals surface area contributed by atoms with Crippen LogP contribution < -0.4 is 11.1 Å². The van der Waals surface area contributed by atoms with Crippen molar-refractivity contribution >= 4 is 29.4 Å². The van der Waals surface area contributed by atoms with Gasteiger partial charge in [0.25, 0.3) is 11.6 Å². The summed E-state index contributed by atoms with van der Waals surface area (Å²) in [6.07, 6.45) is -0.318. The summed E-state index contributed by atoms with van der Waals surface area (Å²) in [5.41, 5.74) is 5.90. The molecule has 0 saturated carbocycles. The number of nitro groups is 1. The van der Waals surface area contributed by atoms with Crippen molar-refractivity contribution in [1.82, 2.24) is 5.32 Å². The molecular weight excluding hydrogens is 434 g/mol. The van der Waals surface area contributed by atoms with Gasteiger partial charge < -0.3 is 20.5 Å². The van der Waals surface area contributed by atoms with Crippen LogP contribution in [0.3, 0.4) is 0 Å². The van der Waals surface area contributed by atoms with Gasteiger partial charge in [0.15, 0.2) is 0 Å². The van der Waals surface area contributed by atoms with Crippen LogP contribution in [-0.4, -0.2) is 48.4 Å². The summed E-state index contributed by atoms with van der Waals surface area (Å²) in [6, 6.07) is 9.45. The molecule has 11 nitrogen and oxygen atoms in total. The second kappa shape index (κ2) is 11.4. The first-order valence-corrected chi connectivity index (χ1v) is 9.86. The molecule has 11 heteroatoms. The number of nitrogens with zero attached hydrogens (tertiary/aromatic N) is 1. The first kappa shape index (κ1) is 25.0. The number of ether oxygens (including phenoxy) is 2. The van der Waals surface area contributed by atoms with E-state index in [0.717, 1.165) is 0 Å². The minimum absolute atomic E-state index is 0.0581. The molecule has 0 fully saturated rings. The number of amides is 2. The van der Waals surface area contributed by atoms with Crippen LogP contribution in [-0.2, 0) is 19.1 Å². The van der Waals surface area contributed by atoms with Crippen LogP contribution in [0, 0.1) is 10.1 Å². The van der Waals surface area contributed by atoms with Gasteiger partial charge in [0.05, 0.1) is 30.6 Å². The van der Waals surface area contributed by atoms with E-state index in [-0.39, 0.29) is 29.8 Å². The topological polar surface area (TPSA) is 168 Å². The third-order valence-corrected chi connectivity index (χ3v) is 4.77. The molecule has 0 unspecified atom stereocenters. The molecule has 0 saturated heterocycles. The molecule has 2 rings (SSSR count). The van der Waals surface area contributed by atoms with Gasteiger partial charge in [-0.3, -0.25) is 24.5 Å². The maximum absolute atomic E-state index is 12.8. The fraction of sp³-hybridized carbons (Fsp3) is 0.273. The van der Waals surface area contributed by atoms with Gasteiger partial charge in [-0.05, 0) is 30.7 Å². The van der Waals surface area contributed by atoms with Gasteiger partial charge in [-0.15, -0.1) is 0 Å². The Kier molecular flexibility index (Phi) is 8.61. The molecule has 0 heterocycles. The van der Waals surface area contributed by atoms with Crippen LogP contribution >= 0.6 is 0 Å². The fourth-order valence-corrected chi connectivity index (χ4v) is 3.17. The van der Waals surface area contributed by atoms with E-state index >= 15 is 0 Å².